The summed E-state index contributed by atoms with van der Waals surface area (Å²) in [5, 5.41) is 3.33. The molecule has 148 valence electrons. The second-order valence-corrected chi connectivity index (χ2v) is 7.11. The highest BCUT2D eigenvalue weighted by molar-refractivity contribution is 6.30. The molecule has 0 saturated carbocycles. The largest absolute Gasteiger partial charge is 0.484 e. The summed E-state index contributed by atoms with van der Waals surface area (Å²) in [6, 6.07) is 14.9. The lowest BCUT2D eigenvalue weighted by Gasteiger charge is -2.37. The normalized spacial score (nSPS) is 13.9. The first-order chi connectivity index (χ1) is 13.5. The van der Waals surface area contributed by atoms with Crippen LogP contribution in [0, 0.1) is 6.92 Å². The summed E-state index contributed by atoms with van der Waals surface area (Å²) in [6.07, 6.45) is 0. The van der Waals surface area contributed by atoms with Gasteiger partial charge in [0.25, 0.3) is 5.91 Å². The van der Waals surface area contributed by atoms with Crippen LogP contribution in [0.3, 0.4) is 0 Å². The fraction of sp³-hybridized carbons (Fsp3) is 0.333. The minimum atomic E-state index is -0.314. The predicted molar refractivity (Wildman–Crippen MR) is 110 cm³/mol. The number of nitrogens with zero attached hydrogens (tertiary/aromatic N) is 2. The topological polar surface area (TPSA) is 61.9 Å². The van der Waals surface area contributed by atoms with E-state index in [1.165, 1.54) is 0 Å². The average molecular weight is 402 g/mol. The SMILES string of the molecule is Cc1ccc(Cl)cc1N1CCN(C(=O)CNC(=O)COc2ccccc2)CC1. The van der Waals surface area contributed by atoms with Gasteiger partial charge >= 0.3 is 0 Å². The van der Waals surface area contributed by atoms with Gasteiger partial charge in [-0.1, -0.05) is 35.9 Å². The third-order valence-corrected chi connectivity index (χ3v) is 4.93. The van der Waals surface area contributed by atoms with E-state index in [0.717, 1.165) is 24.3 Å². The maximum Gasteiger partial charge on any atom is 0.258 e. The van der Waals surface area contributed by atoms with Gasteiger partial charge in [0.1, 0.15) is 5.75 Å². The maximum atomic E-state index is 12.4. The molecule has 1 N–H and O–H groups in total. The first kappa shape index (κ1) is 20.0. The molecule has 1 aliphatic rings. The molecule has 3 rings (SSSR count). The van der Waals surface area contributed by atoms with E-state index in [2.05, 4.69) is 17.1 Å². The van der Waals surface area contributed by atoms with Crippen LogP contribution in [0.4, 0.5) is 5.69 Å². The molecule has 0 aromatic heterocycles. The van der Waals surface area contributed by atoms with E-state index in [0.29, 0.717) is 23.9 Å². The van der Waals surface area contributed by atoms with Crippen LogP contribution in [0.5, 0.6) is 5.75 Å². The summed E-state index contributed by atoms with van der Waals surface area (Å²) in [4.78, 5) is 28.3. The van der Waals surface area contributed by atoms with Gasteiger partial charge in [0.05, 0.1) is 6.54 Å². The zero-order chi connectivity index (χ0) is 19.9. The maximum absolute atomic E-state index is 12.4. The molecule has 2 aromatic carbocycles. The van der Waals surface area contributed by atoms with Gasteiger partial charge in [0, 0.05) is 36.9 Å². The van der Waals surface area contributed by atoms with Gasteiger partial charge in [-0.15, -0.1) is 0 Å². The number of nitrogens with one attached hydrogen (secondary N) is 1. The number of carbonyl (C=O) groups excluding carboxylic acids is 2. The van der Waals surface area contributed by atoms with Crippen LogP contribution >= 0.6 is 11.6 Å². The molecular weight excluding hydrogens is 378 g/mol. The number of carbonyl (C=O) groups is 2. The van der Waals surface area contributed by atoms with Gasteiger partial charge in [0.2, 0.25) is 5.91 Å². The van der Waals surface area contributed by atoms with Crippen LogP contribution in [-0.4, -0.2) is 56.0 Å². The van der Waals surface area contributed by atoms with Crippen molar-refractivity contribution in [2.45, 2.75) is 6.92 Å². The second-order valence-electron chi connectivity index (χ2n) is 6.68. The molecule has 1 saturated heterocycles. The van der Waals surface area contributed by atoms with E-state index in [1.807, 2.05) is 36.4 Å². The lowest BCUT2D eigenvalue weighted by atomic mass is 10.1. The van der Waals surface area contributed by atoms with Gasteiger partial charge in [-0.05, 0) is 36.8 Å². The quantitative estimate of drug-likeness (QED) is 0.807. The second kappa shape index (κ2) is 9.46. The van der Waals surface area contributed by atoms with E-state index < -0.39 is 0 Å². The average Bonchev–Trinajstić information content (AvgIpc) is 2.73. The van der Waals surface area contributed by atoms with Gasteiger partial charge < -0.3 is 19.9 Å². The van der Waals surface area contributed by atoms with Crippen LogP contribution in [0.1, 0.15) is 5.56 Å². The summed E-state index contributed by atoms with van der Waals surface area (Å²) in [6.45, 7) is 4.61. The van der Waals surface area contributed by atoms with Crippen molar-refractivity contribution in [1.29, 1.82) is 0 Å². The van der Waals surface area contributed by atoms with E-state index in [4.69, 9.17) is 16.3 Å². The van der Waals surface area contributed by atoms with Crippen LogP contribution in [0.15, 0.2) is 48.5 Å². The molecule has 7 heteroatoms. The Bertz CT molecular complexity index is 821. The molecule has 1 aliphatic heterocycles. The number of halogens is 1. The Morgan fingerprint density at radius 3 is 2.50 bits per heavy atom. The van der Waals surface area contributed by atoms with Crippen molar-refractivity contribution in [1.82, 2.24) is 10.2 Å². The minimum Gasteiger partial charge on any atom is -0.484 e. The molecule has 0 unspecified atom stereocenters. The Kier molecular flexibility index (Phi) is 6.76. The zero-order valence-corrected chi connectivity index (χ0v) is 16.6. The number of amides is 2. The van der Waals surface area contributed by atoms with Crippen molar-refractivity contribution in [2.75, 3.05) is 44.2 Å². The smallest absolute Gasteiger partial charge is 0.258 e. The van der Waals surface area contributed by atoms with Gasteiger partial charge in [-0.2, -0.15) is 0 Å². The Hall–Kier alpha value is -2.73. The van der Waals surface area contributed by atoms with Gasteiger partial charge in [-0.25, -0.2) is 0 Å². The van der Waals surface area contributed by atoms with Crippen LogP contribution in [0.25, 0.3) is 0 Å². The summed E-state index contributed by atoms with van der Waals surface area (Å²) in [5.74, 6) is 0.220. The van der Waals surface area contributed by atoms with Gasteiger partial charge in [-0.3, -0.25) is 9.59 Å². The molecule has 0 bridgehead atoms. The zero-order valence-electron chi connectivity index (χ0n) is 15.9. The van der Waals surface area contributed by atoms with Crippen molar-refractivity contribution in [3.63, 3.8) is 0 Å². The molecule has 28 heavy (non-hydrogen) atoms. The third-order valence-electron chi connectivity index (χ3n) is 4.69. The fourth-order valence-corrected chi connectivity index (χ4v) is 3.29. The Morgan fingerprint density at radius 1 is 1.07 bits per heavy atom. The van der Waals surface area contributed by atoms with Crippen molar-refractivity contribution in [3.8, 4) is 5.75 Å². The molecule has 1 fully saturated rings. The highest BCUT2D eigenvalue weighted by Gasteiger charge is 2.22. The predicted octanol–water partition coefficient (Wildman–Crippen LogP) is 2.49. The monoisotopic (exact) mass is 401 g/mol. The molecule has 0 radical (unpaired) electrons. The Morgan fingerprint density at radius 2 is 1.79 bits per heavy atom. The summed E-state index contributed by atoms with van der Waals surface area (Å²) >= 11 is 6.11. The van der Waals surface area contributed by atoms with Crippen molar-refractivity contribution < 1.29 is 14.3 Å². The van der Waals surface area contributed by atoms with Crippen LogP contribution < -0.4 is 15.0 Å². The van der Waals surface area contributed by atoms with E-state index in [-0.39, 0.29) is 25.0 Å². The first-order valence-corrected chi connectivity index (χ1v) is 9.64. The highest BCUT2D eigenvalue weighted by Crippen LogP contribution is 2.25. The molecule has 0 aliphatic carbocycles. The summed E-state index contributed by atoms with van der Waals surface area (Å²) < 4.78 is 5.38. The lowest BCUT2D eigenvalue weighted by Crippen LogP contribution is -2.51. The summed E-state index contributed by atoms with van der Waals surface area (Å²) in [7, 11) is 0. The fourth-order valence-electron chi connectivity index (χ4n) is 3.12. The standard InChI is InChI=1S/C21H24ClN3O3/c1-16-7-8-17(22)13-19(16)24-9-11-25(12-10-24)21(27)14-23-20(26)15-28-18-5-3-2-4-6-18/h2-8,13H,9-12,14-15H2,1H3,(H,23,26). The number of anilines is 1. The minimum absolute atomic E-state index is 0.0207. The Balaban J connectivity index is 1.41. The number of benzene rings is 2. The summed E-state index contributed by atoms with van der Waals surface area (Å²) in [5.41, 5.74) is 2.26. The van der Waals surface area contributed by atoms with Crippen molar-refractivity contribution in [2.24, 2.45) is 0 Å². The van der Waals surface area contributed by atoms with E-state index in [1.54, 1.807) is 17.0 Å². The van der Waals surface area contributed by atoms with Crippen LogP contribution in [-0.2, 0) is 9.59 Å². The van der Waals surface area contributed by atoms with Crippen LogP contribution in [0.2, 0.25) is 5.02 Å². The van der Waals surface area contributed by atoms with E-state index in [9.17, 15) is 9.59 Å². The number of aryl methyl sites for hydroxylation is 1. The third kappa shape index (κ3) is 5.39. The number of rotatable bonds is 6. The molecule has 2 amide bonds. The Labute approximate surface area is 170 Å². The van der Waals surface area contributed by atoms with Crippen molar-refractivity contribution >= 4 is 29.1 Å². The number of hydrogen-bond donors (Lipinski definition) is 1. The highest BCUT2D eigenvalue weighted by atomic mass is 35.5. The number of para-hydroxylation sites is 1. The number of piperazine rings is 1. The number of hydrogen-bond acceptors (Lipinski definition) is 4. The molecular formula is C21H24ClN3O3. The molecule has 1 heterocycles. The van der Waals surface area contributed by atoms with Crippen molar-refractivity contribution in [3.05, 3.63) is 59.1 Å². The first-order valence-electron chi connectivity index (χ1n) is 9.26. The van der Waals surface area contributed by atoms with Gasteiger partial charge in [0.15, 0.2) is 6.61 Å². The molecule has 0 atom stereocenters. The molecule has 0 spiro atoms. The van der Waals surface area contributed by atoms with E-state index >= 15 is 0 Å². The number of ether oxygens (including phenoxy) is 1. The molecule has 2 aromatic rings. The molecule has 6 nitrogen and oxygen atoms in total. The lowest BCUT2D eigenvalue weighted by molar-refractivity contribution is -0.133.